The Labute approximate surface area is 106 Å². The molecule has 76 valence electrons. The molecule has 1 aromatic heterocycles. The standard InChI is InChI=1S/C10H7ClIN3/c11-7-3-1-6(2-4-7)10-14-5-8(12)9(13)15-10/h1-5H,(H2,13,14,15). The zero-order valence-corrected chi connectivity index (χ0v) is 10.5. The molecule has 0 saturated heterocycles. The Morgan fingerprint density at radius 2 is 1.87 bits per heavy atom. The minimum atomic E-state index is 0.496. The van der Waals surface area contributed by atoms with E-state index in [4.69, 9.17) is 17.3 Å². The zero-order chi connectivity index (χ0) is 10.8. The van der Waals surface area contributed by atoms with Crippen LogP contribution in [-0.2, 0) is 0 Å². The van der Waals surface area contributed by atoms with Crippen molar-refractivity contribution >= 4 is 40.0 Å². The molecule has 0 spiro atoms. The maximum Gasteiger partial charge on any atom is 0.161 e. The highest BCUT2D eigenvalue weighted by Gasteiger charge is 2.03. The van der Waals surface area contributed by atoms with Gasteiger partial charge in [0.15, 0.2) is 5.82 Å². The van der Waals surface area contributed by atoms with Crippen molar-refractivity contribution in [2.24, 2.45) is 0 Å². The Kier molecular flexibility index (Phi) is 3.06. The lowest BCUT2D eigenvalue weighted by atomic mass is 10.2. The summed E-state index contributed by atoms with van der Waals surface area (Å²) in [6, 6.07) is 7.33. The lowest BCUT2D eigenvalue weighted by molar-refractivity contribution is 1.17. The topological polar surface area (TPSA) is 51.8 Å². The molecule has 1 heterocycles. The van der Waals surface area contributed by atoms with Crippen LogP contribution in [0.5, 0.6) is 0 Å². The number of aromatic nitrogens is 2. The number of hydrogen-bond acceptors (Lipinski definition) is 3. The first-order chi connectivity index (χ1) is 7.16. The van der Waals surface area contributed by atoms with E-state index in [0.29, 0.717) is 16.7 Å². The summed E-state index contributed by atoms with van der Waals surface area (Å²) in [5.74, 6) is 1.11. The normalized spacial score (nSPS) is 10.3. The summed E-state index contributed by atoms with van der Waals surface area (Å²) in [5, 5.41) is 0.692. The van der Waals surface area contributed by atoms with E-state index in [2.05, 4.69) is 32.6 Å². The minimum absolute atomic E-state index is 0.496. The number of rotatable bonds is 1. The average molecular weight is 332 g/mol. The van der Waals surface area contributed by atoms with Crippen molar-refractivity contribution in [2.75, 3.05) is 5.73 Å². The quantitative estimate of drug-likeness (QED) is 0.817. The molecule has 2 N–H and O–H groups in total. The summed E-state index contributed by atoms with van der Waals surface area (Å²) in [7, 11) is 0. The van der Waals surface area contributed by atoms with E-state index in [1.807, 2.05) is 12.1 Å². The molecule has 5 heteroatoms. The van der Waals surface area contributed by atoms with E-state index in [1.54, 1.807) is 18.3 Å². The van der Waals surface area contributed by atoms with Gasteiger partial charge in [0, 0.05) is 16.8 Å². The monoisotopic (exact) mass is 331 g/mol. The van der Waals surface area contributed by atoms with Crippen molar-refractivity contribution in [3.63, 3.8) is 0 Å². The Morgan fingerprint density at radius 3 is 2.47 bits per heavy atom. The molecule has 0 bridgehead atoms. The fraction of sp³-hybridized carbons (Fsp3) is 0. The van der Waals surface area contributed by atoms with Crippen LogP contribution in [0.1, 0.15) is 0 Å². The number of benzene rings is 1. The number of nitrogen functional groups attached to an aromatic ring is 1. The Balaban J connectivity index is 2.45. The van der Waals surface area contributed by atoms with Gasteiger partial charge in [0.05, 0.1) is 3.57 Å². The van der Waals surface area contributed by atoms with Crippen molar-refractivity contribution in [1.29, 1.82) is 0 Å². The van der Waals surface area contributed by atoms with Gasteiger partial charge in [-0.2, -0.15) is 0 Å². The highest BCUT2D eigenvalue weighted by atomic mass is 127. The van der Waals surface area contributed by atoms with E-state index in [0.717, 1.165) is 9.13 Å². The van der Waals surface area contributed by atoms with Gasteiger partial charge in [0.1, 0.15) is 5.82 Å². The molecular formula is C10H7ClIN3. The number of anilines is 1. The average Bonchev–Trinajstić information content (AvgIpc) is 2.23. The van der Waals surface area contributed by atoms with Gasteiger partial charge in [-0.05, 0) is 46.9 Å². The number of nitrogens with zero attached hydrogens (tertiary/aromatic N) is 2. The summed E-state index contributed by atoms with van der Waals surface area (Å²) in [4.78, 5) is 8.39. The van der Waals surface area contributed by atoms with Crippen LogP contribution in [0, 0.1) is 3.57 Å². The van der Waals surface area contributed by atoms with Crippen molar-refractivity contribution in [3.8, 4) is 11.4 Å². The van der Waals surface area contributed by atoms with E-state index >= 15 is 0 Å². The first-order valence-corrected chi connectivity index (χ1v) is 5.66. The van der Waals surface area contributed by atoms with Crippen LogP contribution < -0.4 is 5.73 Å². The molecule has 0 atom stereocenters. The van der Waals surface area contributed by atoms with Crippen LogP contribution in [0.25, 0.3) is 11.4 Å². The van der Waals surface area contributed by atoms with Gasteiger partial charge >= 0.3 is 0 Å². The van der Waals surface area contributed by atoms with Crippen LogP contribution in [0.2, 0.25) is 5.02 Å². The SMILES string of the molecule is Nc1nc(-c2ccc(Cl)cc2)ncc1I. The van der Waals surface area contributed by atoms with Crippen LogP contribution in [0.15, 0.2) is 30.5 Å². The molecule has 0 fully saturated rings. The molecule has 3 nitrogen and oxygen atoms in total. The highest BCUT2D eigenvalue weighted by molar-refractivity contribution is 14.1. The van der Waals surface area contributed by atoms with Gasteiger partial charge in [0.2, 0.25) is 0 Å². The third-order valence-electron chi connectivity index (χ3n) is 1.87. The Hall–Kier alpha value is -0.880. The van der Waals surface area contributed by atoms with E-state index < -0.39 is 0 Å². The Bertz CT molecular complexity index is 485. The second-order valence-electron chi connectivity index (χ2n) is 2.93. The predicted molar refractivity (Wildman–Crippen MR) is 69.6 cm³/mol. The van der Waals surface area contributed by atoms with E-state index in [-0.39, 0.29) is 0 Å². The fourth-order valence-electron chi connectivity index (χ4n) is 1.12. The van der Waals surface area contributed by atoms with Gasteiger partial charge < -0.3 is 5.73 Å². The van der Waals surface area contributed by atoms with E-state index in [1.165, 1.54) is 0 Å². The molecular weight excluding hydrogens is 324 g/mol. The van der Waals surface area contributed by atoms with Gasteiger partial charge in [-0.1, -0.05) is 11.6 Å². The maximum absolute atomic E-state index is 5.79. The molecule has 0 saturated carbocycles. The third-order valence-corrected chi connectivity index (χ3v) is 2.96. The highest BCUT2D eigenvalue weighted by Crippen LogP contribution is 2.20. The number of hydrogen-bond donors (Lipinski definition) is 1. The van der Waals surface area contributed by atoms with Crippen LogP contribution >= 0.6 is 34.2 Å². The van der Waals surface area contributed by atoms with Gasteiger partial charge in [-0.25, -0.2) is 9.97 Å². The summed E-state index contributed by atoms with van der Waals surface area (Å²) in [5.41, 5.74) is 6.61. The summed E-state index contributed by atoms with van der Waals surface area (Å²) >= 11 is 7.88. The first kappa shape index (κ1) is 10.6. The summed E-state index contributed by atoms with van der Waals surface area (Å²) < 4.78 is 0.852. The fourth-order valence-corrected chi connectivity index (χ4v) is 1.50. The molecule has 15 heavy (non-hydrogen) atoms. The lowest BCUT2D eigenvalue weighted by Gasteiger charge is -2.02. The molecule has 0 aliphatic carbocycles. The molecule has 0 amide bonds. The zero-order valence-electron chi connectivity index (χ0n) is 7.61. The summed E-state index contributed by atoms with van der Waals surface area (Å²) in [6.07, 6.45) is 1.70. The van der Waals surface area contributed by atoms with Crippen molar-refractivity contribution in [1.82, 2.24) is 9.97 Å². The van der Waals surface area contributed by atoms with E-state index in [9.17, 15) is 0 Å². The second-order valence-corrected chi connectivity index (χ2v) is 4.53. The van der Waals surface area contributed by atoms with Crippen molar-refractivity contribution in [2.45, 2.75) is 0 Å². The second kappa shape index (κ2) is 4.32. The minimum Gasteiger partial charge on any atom is -0.383 e. The van der Waals surface area contributed by atoms with Gasteiger partial charge in [-0.3, -0.25) is 0 Å². The number of nitrogens with two attached hydrogens (primary N) is 1. The lowest BCUT2D eigenvalue weighted by Crippen LogP contribution is -1.98. The van der Waals surface area contributed by atoms with Gasteiger partial charge in [-0.15, -0.1) is 0 Å². The molecule has 1 aromatic carbocycles. The Morgan fingerprint density at radius 1 is 1.20 bits per heavy atom. The molecule has 0 unspecified atom stereocenters. The largest absolute Gasteiger partial charge is 0.383 e. The summed E-state index contributed by atoms with van der Waals surface area (Å²) in [6.45, 7) is 0. The molecule has 0 aliphatic rings. The van der Waals surface area contributed by atoms with Gasteiger partial charge in [0.25, 0.3) is 0 Å². The first-order valence-electron chi connectivity index (χ1n) is 4.21. The number of halogens is 2. The van der Waals surface area contributed by atoms with Crippen molar-refractivity contribution in [3.05, 3.63) is 39.1 Å². The maximum atomic E-state index is 5.79. The molecule has 2 aromatic rings. The van der Waals surface area contributed by atoms with Crippen LogP contribution in [-0.4, -0.2) is 9.97 Å². The third kappa shape index (κ3) is 2.38. The van der Waals surface area contributed by atoms with Crippen LogP contribution in [0.4, 0.5) is 5.82 Å². The molecule has 0 aliphatic heterocycles. The molecule has 0 radical (unpaired) electrons. The smallest absolute Gasteiger partial charge is 0.161 e. The van der Waals surface area contributed by atoms with Crippen LogP contribution in [0.3, 0.4) is 0 Å². The predicted octanol–water partition coefficient (Wildman–Crippen LogP) is 2.98. The van der Waals surface area contributed by atoms with Crippen molar-refractivity contribution < 1.29 is 0 Å². The molecule has 2 rings (SSSR count).